The molecular weight excluding hydrogens is 202 g/mol. The molecule has 0 saturated carbocycles. The van der Waals surface area contributed by atoms with Crippen LogP contribution in [0, 0.1) is 11.3 Å². The first-order chi connectivity index (χ1) is 7.02. The summed E-state index contributed by atoms with van der Waals surface area (Å²) in [6, 6.07) is 3.30. The van der Waals surface area contributed by atoms with Gasteiger partial charge >= 0.3 is 0 Å². The minimum atomic E-state index is -1.50. The van der Waals surface area contributed by atoms with Crippen molar-refractivity contribution in [2.24, 2.45) is 0 Å². The third-order valence-corrected chi connectivity index (χ3v) is 5.15. The van der Waals surface area contributed by atoms with E-state index in [4.69, 9.17) is 9.69 Å². The molecule has 0 aliphatic heterocycles. The van der Waals surface area contributed by atoms with E-state index in [2.05, 4.69) is 33.0 Å². The molecule has 0 spiro atoms. The molecule has 0 bridgehead atoms. The van der Waals surface area contributed by atoms with E-state index in [1.165, 1.54) is 19.3 Å². The van der Waals surface area contributed by atoms with Gasteiger partial charge in [0.05, 0.1) is 6.07 Å². The second-order valence-electron chi connectivity index (χ2n) is 4.84. The third kappa shape index (κ3) is 8.65. The maximum atomic E-state index is 8.49. The highest BCUT2D eigenvalue weighted by Gasteiger charge is 2.24. The van der Waals surface area contributed by atoms with Crippen molar-refractivity contribution in [1.29, 1.82) is 5.26 Å². The highest BCUT2D eigenvalue weighted by atomic mass is 28.4. The van der Waals surface area contributed by atoms with Gasteiger partial charge in [-0.3, -0.25) is 0 Å². The Kier molecular flexibility index (Phi) is 7.72. The predicted octanol–water partition coefficient (Wildman–Crippen LogP) is 4.09. The van der Waals surface area contributed by atoms with E-state index in [-0.39, 0.29) is 0 Å². The summed E-state index contributed by atoms with van der Waals surface area (Å²) in [6.07, 6.45) is 5.73. The van der Waals surface area contributed by atoms with Gasteiger partial charge in [-0.15, -0.1) is 0 Å². The topological polar surface area (TPSA) is 33.0 Å². The van der Waals surface area contributed by atoms with Crippen LogP contribution in [0.25, 0.3) is 0 Å². The number of unbranched alkanes of at least 4 members (excludes halogenated alkanes) is 2. The summed E-state index contributed by atoms with van der Waals surface area (Å²) in [5.74, 6) is 0. The molecular formula is C12H25NOSi. The van der Waals surface area contributed by atoms with Crippen molar-refractivity contribution in [3.8, 4) is 6.07 Å². The molecule has 0 N–H and O–H groups in total. The van der Waals surface area contributed by atoms with Gasteiger partial charge in [0.2, 0.25) is 0 Å². The number of hydrogen-bond acceptors (Lipinski definition) is 2. The fourth-order valence-corrected chi connectivity index (χ4v) is 4.10. The van der Waals surface area contributed by atoms with E-state index in [1.807, 2.05) is 0 Å². The Balaban J connectivity index is 3.75. The van der Waals surface area contributed by atoms with Gasteiger partial charge in [-0.05, 0) is 38.9 Å². The van der Waals surface area contributed by atoms with Crippen molar-refractivity contribution in [2.45, 2.75) is 71.2 Å². The number of hydrogen-bond donors (Lipinski definition) is 0. The molecule has 1 unspecified atom stereocenters. The predicted molar refractivity (Wildman–Crippen MR) is 67.2 cm³/mol. The highest BCUT2D eigenvalue weighted by Crippen LogP contribution is 2.19. The van der Waals surface area contributed by atoms with Gasteiger partial charge in [-0.2, -0.15) is 5.26 Å². The summed E-state index contributed by atoms with van der Waals surface area (Å²) in [5.41, 5.74) is 0. The van der Waals surface area contributed by atoms with Gasteiger partial charge in [-0.25, -0.2) is 0 Å². The van der Waals surface area contributed by atoms with Crippen LogP contribution in [0.15, 0.2) is 0 Å². The lowest BCUT2D eigenvalue weighted by atomic mass is 10.2. The van der Waals surface area contributed by atoms with Crippen molar-refractivity contribution >= 4 is 8.32 Å². The molecule has 3 heteroatoms. The minimum absolute atomic E-state index is 0.397. The normalized spacial score (nSPS) is 13.5. The Morgan fingerprint density at radius 3 is 2.53 bits per heavy atom. The summed E-state index contributed by atoms with van der Waals surface area (Å²) in [5, 5.41) is 8.49. The summed E-state index contributed by atoms with van der Waals surface area (Å²) >= 11 is 0. The summed E-state index contributed by atoms with van der Waals surface area (Å²) in [7, 11) is -1.50. The molecule has 0 aromatic heterocycles. The molecule has 0 aromatic carbocycles. The standard InChI is InChI=1S/C12H25NOSi/c1-5-6-9-12(2)14-15(3,4)11-8-7-10-13/h12H,5-9,11H2,1-4H3. The van der Waals surface area contributed by atoms with Crippen LogP contribution in [0.5, 0.6) is 0 Å². The number of rotatable bonds is 8. The van der Waals surface area contributed by atoms with Crippen LogP contribution < -0.4 is 0 Å². The second-order valence-corrected chi connectivity index (χ2v) is 9.10. The first-order valence-corrected chi connectivity index (χ1v) is 9.18. The first kappa shape index (κ1) is 14.7. The average Bonchev–Trinajstić information content (AvgIpc) is 2.14. The van der Waals surface area contributed by atoms with Crippen LogP contribution in [-0.4, -0.2) is 14.4 Å². The zero-order valence-electron chi connectivity index (χ0n) is 10.7. The monoisotopic (exact) mass is 227 g/mol. The Morgan fingerprint density at radius 1 is 1.33 bits per heavy atom. The Hall–Kier alpha value is -0.333. The van der Waals surface area contributed by atoms with Crippen LogP contribution in [0.2, 0.25) is 19.1 Å². The lowest BCUT2D eigenvalue weighted by Crippen LogP contribution is -2.34. The van der Waals surface area contributed by atoms with E-state index < -0.39 is 8.32 Å². The van der Waals surface area contributed by atoms with Crippen molar-refractivity contribution in [3.63, 3.8) is 0 Å². The Bertz CT molecular complexity index is 198. The van der Waals surface area contributed by atoms with Gasteiger partial charge in [0.15, 0.2) is 8.32 Å². The van der Waals surface area contributed by atoms with E-state index in [9.17, 15) is 0 Å². The molecule has 15 heavy (non-hydrogen) atoms. The maximum Gasteiger partial charge on any atom is 0.187 e. The molecule has 0 fully saturated rings. The highest BCUT2D eigenvalue weighted by molar-refractivity contribution is 6.71. The van der Waals surface area contributed by atoms with E-state index in [1.54, 1.807) is 0 Å². The van der Waals surface area contributed by atoms with E-state index in [0.29, 0.717) is 12.5 Å². The van der Waals surface area contributed by atoms with Crippen LogP contribution in [-0.2, 0) is 4.43 Å². The molecule has 0 saturated heterocycles. The molecule has 0 aromatic rings. The molecule has 0 amide bonds. The summed E-state index contributed by atoms with van der Waals surface area (Å²) in [6.45, 7) is 8.90. The average molecular weight is 227 g/mol. The smallest absolute Gasteiger partial charge is 0.187 e. The van der Waals surface area contributed by atoms with Crippen LogP contribution in [0.3, 0.4) is 0 Å². The van der Waals surface area contributed by atoms with Gasteiger partial charge in [0.25, 0.3) is 0 Å². The SMILES string of the molecule is CCCCC(C)O[Si](C)(C)CCCC#N. The number of nitriles is 1. The Morgan fingerprint density at radius 2 is 2.00 bits per heavy atom. The molecule has 0 aliphatic rings. The fraction of sp³-hybridized carbons (Fsp3) is 0.917. The lowest BCUT2D eigenvalue weighted by molar-refractivity contribution is 0.196. The lowest BCUT2D eigenvalue weighted by Gasteiger charge is -2.27. The molecule has 0 heterocycles. The van der Waals surface area contributed by atoms with Gasteiger partial charge < -0.3 is 4.43 Å². The van der Waals surface area contributed by atoms with Gasteiger partial charge in [0, 0.05) is 12.5 Å². The molecule has 1 atom stereocenters. The third-order valence-electron chi connectivity index (χ3n) is 2.55. The minimum Gasteiger partial charge on any atom is -0.415 e. The van der Waals surface area contributed by atoms with Crippen molar-refractivity contribution < 1.29 is 4.43 Å². The Labute approximate surface area is 95.8 Å². The van der Waals surface area contributed by atoms with Gasteiger partial charge in [0.1, 0.15) is 0 Å². The summed E-state index contributed by atoms with van der Waals surface area (Å²) < 4.78 is 6.12. The molecule has 0 rings (SSSR count). The van der Waals surface area contributed by atoms with Crippen LogP contribution in [0.4, 0.5) is 0 Å². The van der Waals surface area contributed by atoms with Crippen LogP contribution in [0.1, 0.15) is 46.0 Å². The molecule has 88 valence electrons. The van der Waals surface area contributed by atoms with Crippen LogP contribution >= 0.6 is 0 Å². The second kappa shape index (κ2) is 7.89. The fourth-order valence-electron chi connectivity index (χ4n) is 1.75. The summed E-state index contributed by atoms with van der Waals surface area (Å²) in [4.78, 5) is 0. The molecule has 0 radical (unpaired) electrons. The quantitative estimate of drug-likeness (QED) is 0.462. The number of nitrogens with zero attached hydrogens (tertiary/aromatic N) is 1. The van der Waals surface area contributed by atoms with Crippen molar-refractivity contribution in [1.82, 2.24) is 0 Å². The van der Waals surface area contributed by atoms with E-state index in [0.717, 1.165) is 12.5 Å². The van der Waals surface area contributed by atoms with Crippen molar-refractivity contribution in [2.75, 3.05) is 0 Å². The van der Waals surface area contributed by atoms with Gasteiger partial charge in [-0.1, -0.05) is 19.8 Å². The maximum absolute atomic E-state index is 8.49. The largest absolute Gasteiger partial charge is 0.415 e. The van der Waals surface area contributed by atoms with E-state index >= 15 is 0 Å². The zero-order chi connectivity index (χ0) is 11.7. The molecule has 2 nitrogen and oxygen atoms in total. The molecule has 0 aliphatic carbocycles. The zero-order valence-corrected chi connectivity index (χ0v) is 11.7. The first-order valence-electron chi connectivity index (χ1n) is 6.06. The van der Waals surface area contributed by atoms with Crippen molar-refractivity contribution in [3.05, 3.63) is 0 Å².